The molecule has 0 saturated carbocycles. The number of carbonyl (C=O) groups excluding carboxylic acids is 1. The Hall–Kier alpha value is -2.44. The Labute approximate surface area is 157 Å². The third-order valence-corrected chi connectivity index (χ3v) is 4.57. The molecule has 1 atom stereocenters. The molecule has 1 amide bonds. The molecule has 6 nitrogen and oxygen atoms in total. The van der Waals surface area contributed by atoms with Crippen molar-refractivity contribution in [2.45, 2.75) is 19.4 Å². The highest BCUT2D eigenvalue weighted by molar-refractivity contribution is 6.34. The van der Waals surface area contributed by atoms with Crippen LogP contribution in [-0.4, -0.2) is 36.4 Å². The molecule has 0 bridgehead atoms. The number of nitrogens with zero attached hydrogens (tertiary/aromatic N) is 2. The number of amides is 1. The number of rotatable bonds is 7. The van der Waals surface area contributed by atoms with Crippen molar-refractivity contribution in [3.05, 3.63) is 74.3 Å². The van der Waals surface area contributed by atoms with Crippen molar-refractivity contribution in [2.24, 2.45) is 0 Å². The molecule has 0 saturated heterocycles. The predicted octanol–water partition coefficient (Wildman–Crippen LogP) is 3.84. The summed E-state index contributed by atoms with van der Waals surface area (Å²) < 4.78 is 0. The molecule has 0 heterocycles. The zero-order valence-corrected chi connectivity index (χ0v) is 15.8. The van der Waals surface area contributed by atoms with Crippen LogP contribution < -0.4 is 5.32 Å². The van der Waals surface area contributed by atoms with Gasteiger partial charge in [0.1, 0.15) is 0 Å². The Morgan fingerprint density at radius 1 is 1.23 bits per heavy atom. The van der Waals surface area contributed by atoms with Gasteiger partial charge in [-0.3, -0.25) is 14.9 Å². The number of non-ortho nitro benzene ring substituents is 1. The van der Waals surface area contributed by atoms with E-state index in [0.717, 1.165) is 12.0 Å². The molecule has 0 unspecified atom stereocenters. The number of likely N-dealkylation sites (N-methyl/N-ethyl adjacent to an activating group) is 1. The summed E-state index contributed by atoms with van der Waals surface area (Å²) in [5.74, 6) is -0.359. The molecule has 2 aromatic carbocycles. The zero-order valence-electron chi connectivity index (χ0n) is 15.0. The molecule has 0 aliphatic carbocycles. The van der Waals surface area contributed by atoms with Crippen LogP contribution in [0.3, 0.4) is 0 Å². The molecule has 0 aliphatic rings. The number of nitro benzene ring substituents is 1. The lowest BCUT2D eigenvalue weighted by Gasteiger charge is -2.25. The van der Waals surface area contributed by atoms with Gasteiger partial charge in [-0.25, -0.2) is 0 Å². The Morgan fingerprint density at radius 3 is 2.38 bits per heavy atom. The molecular formula is C19H22ClN3O3. The molecule has 0 aliphatic heterocycles. The molecule has 2 aromatic rings. The average Bonchev–Trinajstić information content (AvgIpc) is 2.61. The first kappa shape index (κ1) is 19.9. The van der Waals surface area contributed by atoms with Crippen LogP contribution in [0.25, 0.3) is 0 Å². The molecule has 0 aromatic heterocycles. The number of aryl methyl sites for hydroxylation is 1. The molecule has 2 rings (SSSR count). The second-order valence-electron chi connectivity index (χ2n) is 6.21. The van der Waals surface area contributed by atoms with Crippen molar-refractivity contribution in [1.82, 2.24) is 10.2 Å². The minimum absolute atomic E-state index is 0.00156. The quantitative estimate of drug-likeness (QED) is 0.589. The maximum Gasteiger partial charge on any atom is 0.270 e. The van der Waals surface area contributed by atoms with Crippen molar-refractivity contribution >= 4 is 23.2 Å². The summed E-state index contributed by atoms with van der Waals surface area (Å²) in [5, 5.41) is 13.7. The number of halogens is 1. The number of carbonyl (C=O) groups is 1. The standard InChI is InChI=1S/C19H22ClN3O3/c1-4-13-5-7-14(8-6-13)18(22(2)3)12-21-19(24)16-10-9-15(23(25)26)11-17(16)20/h5-11,18H,4,12H2,1-3H3,(H,21,24)/t18-/m1/s1. The normalized spacial score (nSPS) is 12.0. The van der Waals surface area contributed by atoms with E-state index in [2.05, 4.69) is 36.5 Å². The number of nitro groups is 1. The lowest BCUT2D eigenvalue weighted by Crippen LogP contribution is -2.34. The maximum absolute atomic E-state index is 12.4. The van der Waals surface area contributed by atoms with Crippen molar-refractivity contribution in [2.75, 3.05) is 20.6 Å². The van der Waals surface area contributed by atoms with E-state index >= 15 is 0 Å². The summed E-state index contributed by atoms with van der Waals surface area (Å²) in [6.45, 7) is 2.50. The monoisotopic (exact) mass is 375 g/mol. The van der Waals surface area contributed by atoms with E-state index in [1.807, 2.05) is 19.0 Å². The van der Waals surface area contributed by atoms with E-state index in [9.17, 15) is 14.9 Å². The van der Waals surface area contributed by atoms with Crippen LogP contribution in [0.4, 0.5) is 5.69 Å². The first-order valence-corrected chi connectivity index (χ1v) is 8.68. The largest absolute Gasteiger partial charge is 0.350 e. The van der Waals surface area contributed by atoms with Gasteiger partial charge in [0.2, 0.25) is 0 Å². The number of hydrogen-bond acceptors (Lipinski definition) is 4. The number of nitrogens with one attached hydrogen (secondary N) is 1. The third kappa shape index (κ3) is 4.80. The zero-order chi connectivity index (χ0) is 19.3. The number of hydrogen-bond donors (Lipinski definition) is 1. The summed E-state index contributed by atoms with van der Waals surface area (Å²) in [6.07, 6.45) is 0.974. The van der Waals surface area contributed by atoms with E-state index in [0.29, 0.717) is 6.54 Å². The lowest BCUT2D eigenvalue weighted by molar-refractivity contribution is -0.384. The third-order valence-electron chi connectivity index (χ3n) is 4.26. The second kappa shape index (κ2) is 8.78. The molecule has 0 spiro atoms. The Morgan fingerprint density at radius 2 is 1.88 bits per heavy atom. The SMILES string of the molecule is CCc1ccc([C@@H](CNC(=O)c2ccc([N+](=O)[O-])cc2Cl)N(C)C)cc1. The molecule has 1 N–H and O–H groups in total. The first-order chi connectivity index (χ1) is 12.3. The average molecular weight is 376 g/mol. The van der Waals surface area contributed by atoms with Crippen LogP contribution in [0, 0.1) is 10.1 Å². The van der Waals surface area contributed by atoms with Crippen LogP contribution in [0.2, 0.25) is 5.02 Å². The minimum atomic E-state index is -0.546. The lowest BCUT2D eigenvalue weighted by atomic mass is 10.0. The molecule has 0 radical (unpaired) electrons. The highest BCUT2D eigenvalue weighted by Gasteiger charge is 2.18. The van der Waals surface area contributed by atoms with Crippen LogP contribution in [0.15, 0.2) is 42.5 Å². The molecule has 7 heteroatoms. The van der Waals surface area contributed by atoms with Crippen molar-refractivity contribution in [1.29, 1.82) is 0 Å². The van der Waals surface area contributed by atoms with Crippen molar-refractivity contribution < 1.29 is 9.72 Å². The highest BCUT2D eigenvalue weighted by atomic mass is 35.5. The van der Waals surface area contributed by atoms with E-state index in [-0.39, 0.29) is 28.2 Å². The summed E-state index contributed by atoms with van der Waals surface area (Å²) in [7, 11) is 3.90. The smallest absolute Gasteiger partial charge is 0.270 e. The van der Waals surface area contributed by atoms with Gasteiger partial charge in [0.05, 0.1) is 21.6 Å². The van der Waals surface area contributed by atoms with Gasteiger partial charge in [-0.2, -0.15) is 0 Å². The Balaban J connectivity index is 2.11. The molecule has 0 fully saturated rings. The fourth-order valence-electron chi connectivity index (χ4n) is 2.66. The molecule has 26 heavy (non-hydrogen) atoms. The van der Waals surface area contributed by atoms with Crippen LogP contribution >= 0.6 is 11.6 Å². The summed E-state index contributed by atoms with van der Waals surface area (Å²) >= 11 is 6.02. The van der Waals surface area contributed by atoms with Gasteiger partial charge >= 0.3 is 0 Å². The highest BCUT2D eigenvalue weighted by Crippen LogP contribution is 2.23. The van der Waals surface area contributed by atoms with E-state index < -0.39 is 4.92 Å². The van der Waals surface area contributed by atoms with Crippen molar-refractivity contribution in [3.8, 4) is 0 Å². The van der Waals surface area contributed by atoms with Gasteiger partial charge in [0.15, 0.2) is 0 Å². The second-order valence-corrected chi connectivity index (χ2v) is 6.61. The van der Waals surface area contributed by atoms with Gasteiger partial charge < -0.3 is 10.2 Å². The minimum Gasteiger partial charge on any atom is -0.350 e. The van der Waals surface area contributed by atoms with Crippen molar-refractivity contribution in [3.63, 3.8) is 0 Å². The summed E-state index contributed by atoms with van der Waals surface area (Å²) in [4.78, 5) is 24.7. The molecule has 138 valence electrons. The Bertz CT molecular complexity index is 791. The fraction of sp³-hybridized carbons (Fsp3) is 0.316. The van der Waals surface area contributed by atoms with Crippen LogP contribution in [0.5, 0.6) is 0 Å². The topological polar surface area (TPSA) is 75.5 Å². The van der Waals surface area contributed by atoms with E-state index in [1.165, 1.54) is 23.8 Å². The van der Waals surface area contributed by atoms with E-state index in [1.54, 1.807) is 0 Å². The molecular weight excluding hydrogens is 354 g/mol. The Kier molecular flexibility index (Phi) is 6.71. The summed E-state index contributed by atoms with van der Waals surface area (Å²) in [6, 6.07) is 12.1. The van der Waals surface area contributed by atoms with Gasteiger partial charge in [-0.1, -0.05) is 42.8 Å². The summed E-state index contributed by atoms with van der Waals surface area (Å²) in [5.41, 5.74) is 2.43. The number of benzene rings is 2. The van der Waals surface area contributed by atoms with E-state index in [4.69, 9.17) is 11.6 Å². The first-order valence-electron chi connectivity index (χ1n) is 8.31. The van der Waals surface area contributed by atoms with Gasteiger partial charge in [0.25, 0.3) is 11.6 Å². The maximum atomic E-state index is 12.4. The fourth-order valence-corrected chi connectivity index (χ4v) is 2.92. The predicted molar refractivity (Wildman–Crippen MR) is 103 cm³/mol. The van der Waals surface area contributed by atoms with Gasteiger partial charge in [-0.05, 0) is 37.7 Å². The van der Waals surface area contributed by atoms with Crippen LogP contribution in [0.1, 0.15) is 34.5 Å². The van der Waals surface area contributed by atoms with Gasteiger partial charge in [0, 0.05) is 18.7 Å². The van der Waals surface area contributed by atoms with Crippen LogP contribution in [-0.2, 0) is 6.42 Å². The van der Waals surface area contributed by atoms with Gasteiger partial charge in [-0.15, -0.1) is 0 Å².